The summed E-state index contributed by atoms with van der Waals surface area (Å²) in [6, 6.07) is 16.6. The van der Waals surface area contributed by atoms with Crippen molar-refractivity contribution in [3.63, 3.8) is 0 Å². The summed E-state index contributed by atoms with van der Waals surface area (Å²) >= 11 is 0. The van der Waals surface area contributed by atoms with E-state index in [1.54, 1.807) is 6.07 Å². The Morgan fingerprint density at radius 2 is 1.79 bits per heavy atom. The molecular formula is C21H26N2O. The Kier molecular flexibility index (Phi) is 4.52. The Morgan fingerprint density at radius 3 is 2.67 bits per heavy atom. The fraction of sp³-hybridized carbons (Fsp3) is 0.476. The van der Waals surface area contributed by atoms with Crippen molar-refractivity contribution in [3.8, 4) is 0 Å². The van der Waals surface area contributed by atoms with Crippen molar-refractivity contribution in [2.45, 2.75) is 38.1 Å². The van der Waals surface area contributed by atoms with Crippen LogP contribution in [0.15, 0.2) is 53.3 Å². The van der Waals surface area contributed by atoms with E-state index in [2.05, 4.69) is 41.3 Å². The maximum atomic E-state index is 12.1. The van der Waals surface area contributed by atoms with Crippen LogP contribution in [0.5, 0.6) is 0 Å². The minimum absolute atomic E-state index is 0.179. The molecule has 24 heavy (non-hydrogen) atoms. The van der Waals surface area contributed by atoms with Crippen molar-refractivity contribution < 1.29 is 0 Å². The van der Waals surface area contributed by atoms with Crippen LogP contribution in [0.2, 0.25) is 0 Å². The molecule has 1 aromatic heterocycles. The van der Waals surface area contributed by atoms with Gasteiger partial charge >= 0.3 is 0 Å². The molecule has 126 valence electrons. The van der Waals surface area contributed by atoms with Gasteiger partial charge < -0.3 is 9.47 Å². The summed E-state index contributed by atoms with van der Waals surface area (Å²) in [5.74, 6) is 1.19. The van der Waals surface area contributed by atoms with E-state index in [4.69, 9.17) is 0 Å². The van der Waals surface area contributed by atoms with E-state index in [9.17, 15) is 4.79 Å². The highest BCUT2D eigenvalue weighted by atomic mass is 16.1. The molecule has 2 aliphatic rings. The van der Waals surface area contributed by atoms with Crippen molar-refractivity contribution in [2.75, 3.05) is 19.6 Å². The number of benzene rings is 1. The van der Waals surface area contributed by atoms with E-state index >= 15 is 0 Å². The average Bonchev–Trinajstić information content (AvgIpc) is 2.61. The molecule has 1 aromatic carbocycles. The van der Waals surface area contributed by atoms with Crippen LogP contribution >= 0.6 is 0 Å². The number of aromatic nitrogens is 1. The van der Waals surface area contributed by atoms with Crippen molar-refractivity contribution in [1.82, 2.24) is 9.47 Å². The first-order chi connectivity index (χ1) is 11.8. The molecule has 1 fully saturated rings. The maximum Gasteiger partial charge on any atom is 0.250 e. The normalized spacial score (nSPS) is 23.0. The van der Waals surface area contributed by atoms with E-state index in [0.717, 1.165) is 19.6 Å². The highest BCUT2D eigenvalue weighted by molar-refractivity contribution is 5.17. The third kappa shape index (κ3) is 3.32. The van der Waals surface area contributed by atoms with Crippen molar-refractivity contribution in [2.24, 2.45) is 5.92 Å². The van der Waals surface area contributed by atoms with Crippen molar-refractivity contribution in [3.05, 3.63) is 70.1 Å². The second kappa shape index (κ2) is 6.94. The molecule has 1 saturated heterocycles. The van der Waals surface area contributed by atoms with Crippen LogP contribution in [0, 0.1) is 5.92 Å². The van der Waals surface area contributed by atoms with Crippen LogP contribution in [-0.4, -0.2) is 29.1 Å². The molecule has 0 saturated carbocycles. The quantitative estimate of drug-likeness (QED) is 0.789. The van der Waals surface area contributed by atoms with Crippen LogP contribution in [0.4, 0.5) is 0 Å². The molecule has 3 heterocycles. The second-order valence-corrected chi connectivity index (χ2v) is 7.40. The molecule has 2 aromatic rings. The van der Waals surface area contributed by atoms with Crippen LogP contribution in [-0.2, 0) is 13.0 Å². The summed E-state index contributed by atoms with van der Waals surface area (Å²) in [6.07, 6.45) is 4.95. The molecule has 2 atom stereocenters. The smallest absolute Gasteiger partial charge is 0.250 e. The van der Waals surface area contributed by atoms with E-state index in [-0.39, 0.29) is 5.56 Å². The molecule has 0 N–H and O–H groups in total. The van der Waals surface area contributed by atoms with Gasteiger partial charge in [0.05, 0.1) is 0 Å². The summed E-state index contributed by atoms with van der Waals surface area (Å²) in [6.45, 7) is 4.37. The number of pyridine rings is 1. The van der Waals surface area contributed by atoms with E-state index in [1.165, 1.54) is 43.5 Å². The van der Waals surface area contributed by atoms with Gasteiger partial charge in [-0.1, -0.05) is 36.4 Å². The molecule has 4 rings (SSSR count). The van der Waals surface area contributed by atoms with E-state index in [1.807, 2.05) is 10.6 Å². The third-order valence-corrected chi connectivity index (χ3v) is 5.59. The predicted octanol–water partition coefficient (Wildman–Crippen LogP) is 3.29. The first-order valence-electron chi connectivity index (χ1n) is 9.25. The Labute approximate surface area is 143 Å². The summed E-state index contributed by atoms with van der Waals surface area (Å²) in [5.41, 5.74) is 2.88. The van der Waals surface area contributed by atoms with E-state index in [0.29, 0.717) is 11.8 Å². The number of aryl methyl sites for hydroxylation is 1. The monoisotopic (exact) mass is 322 g/mol. The Hall–Kier alpha value is -1.87. The number of fused-ring (bicyclic) bond motifs is 4. The number of likely N-dealkylation sites (tertiary alicyclic amines) is 1. The lowest BCUT2D eigenvalue weighted by Crippen LogP contribution is -2.47. The van der Waals surface area contributed by atoms with Gasteiger partial charge in [-0.05, 0) is 49.8 Å². The molecule has 0 unspecified atom stereocenters. The lowest BCUT2D eigenvalue weighted by Gasteiger charge is -2.42. The highest BCUT2D eigenvalue weighted by Gasteiger charge is 2.33. The minimum atomic E-state index is 0.179. The zero-order valence-corrected chi connectivity index (χ0v) is 14.2. The lowest BCUT2D eigenvalue weighted by molar-refractivity contribution is 0.118. The Balaban J connectivity index is 1.32. The fourth-order valence-electron chi connectivity index (χ4n) is 4.49. The van der Waals surface area contributed by atoms with E-state index < -0.39 is 0 Å². The molecule has 3 nitrogen and oxygen atoms in total. The van der Waals surface area contributed by atoms with Gasteiger partial charge in [-0.25, -0.2) is 0 Å². The van der Waals surface area contributed by atoms with Gasteiger partial charge in [-0.2, -0.15) is 0 Å². The van der Waals surface area contributed by atoms with Crippen LogP contribution in [0.25, 0.3) is 0 Å². The first-order valence-corrected chi connectivity index (χ1v) is 9.25. The zero-order valence-electron chi connectivity index (χ0n) is 14.2. The summed E-state index contributed by atoms with van der Waals surface area (Å²) in [4.78, 5) is 14.7. The summed E-state index contributed by atoms with van der Waals surface area (Å²) in [5, 5.41) is 0. The van der Waals surface area contributed by atoms with Gasteiger partial charge in [0, 0.05) is 37.3 Å². The molecule has 2 aliphatic heterocycles. The molecular weight excluding hydrogens is 296 g/mol. The highest BCUT2D eigenvalue weighted by Crippen LogP contribution is 2.34. The average molecular weight is 322 g/mol. The fourth-order valence-corrected chi connectivity index (χ4v) is 4.49. The molecule has 3 heteroatoms. The van der Waals surface area contributed by atoms with Crippen LogP contribution in [0.3, 0.4) is 0 Å². The zero-order chi connectivity index (χ0) is 16.4. The summed E-state index contributed by atoms with van der Waals surface area (Å²) in [7, 11) is 0. The number of unbranched alkanes of at least 4 members (excludes halogenated alkanes) is 1. The van der Waals surface area contributed by atoms with Crippen LogP contribution in [0.1, 0.15) is 36.4 Å². The molecule has 0 aliphatic carbocycles. The molecule has 2 bridgehead atoms. The maximum absolute atomic E-state index is 12.1. The largest absolute Gasteiger partial charge is 0.312 e. The predicted molar refractivity (Wildman–Crippen MR) is 97.4 cm³/mol. The van der Waals surface area contributed by atoms with Gasteiger partial charge in [0.15, 0.2) is 0 Å². The molecule has 0 spiro atoms. The van der Waals surface area contributed by atoms with Crippen molar-refractivity contribution >= 4 is 0 Å². The second-order valence-electron chi connectivity index (χ2n) is 7.40. The minimum Gasteiger partial charge on any atom is -0.312 e. The molecule has 0 radical (unpaired) electrons. The van der Waals surface area contributed by atoms with Gasteiger partial charge in [0.1, 0.15) is 0 Å². The Bertz CT molecular complexity index is 737. The number of piperidine rings is 1. The number of hydrogen-bond acceptors (Lipinski definition) is 2. The number of nitrogens with zero attached hydrogens (tertiary/aromatic N) is 2. The topological polar surface area (TPSA) is 25.2 Å². The van der Waals surface area contributed by atoms with Gasteiger partial charge in [-0.15, -0.1) is 0 Å². The summed E-state index contributed by atoms with van der Waals surface area (Å²) < 4.78 is 2.02. The lowest BCUT2D eigenvalue weighted by atomic mass is 9.83. The first kappa shape index (κ1) is 15.6. The third-order valence-electron chi connectivity index (χ3n) is 5.59. The van der Waals surface area contributed by atoms with Gasteiger partial charge in [0.2, 0.25) is 0 Å². The number of hydrogen-bond donors (Lipinski definition) is 0. The van der Waals surface area contributed by atoms with Gasteiger partial charge in [-0.3, -0.25) is 4.79 Å². The number of rotatable bonds is 5. The van der Waals surface area contributed by atoms with Gasteiger partial charge in [0.25, 0.3) is 5.56 Å². The van der Waals surface area contributed by atoms with Crippen molar-refractivity contribution in [1.29, 1.82) is 0 Å². The standard InChI is InChI=1S/C21H26N2O/c24-21-11-6-10-20-19-13-18(15-23(20)21)14-22(16-19)12-5-4-9-17-7-2-1-3-8-17/h1-3,6-8,10-11,18-19H,4-5,9,12-16H2/t18-,19+/m0/s1. The SMILES string of the molecule is O=c1cccc2n1C[C@H]1C[C@@H]2CN(CCCCc2ccccc2)C1. The molecule has 0 amide bonds. The van der Waals surface area contributed by atoms with Crippen LogP contribution < -0.4 is 5.56 Å². The Morgan fingerprint density at radius 1 is 0.917 bits per heavy atom.